The summed E-state index contributed by atoms with van der Waals surface area (Å²) in [5.41, 5.74) is 1.63. The van der Waals surface area contributed by atoms with E-state index in [0.717, 1.165) is 0 Å². The van der Waals surface area contributed by atoms with E-state index in [1.165, 1.54) is 12.1 Å². The van der Waals surface area contributed by atoms with Gasteiger partial charge in [0.25, 0.3) is 5.91 Å². The lowest BCUT2D eigenvalue weighted by molar-refractivity contribution is -0.131. The molecule has 4 rings (SSSR count). The summed E-state index contributed by atoms with van der Waals surface area (Å²) in [7, 11) is -3.39. The smallest absolute Gasteiger partial charge is 0.345 e. The summed E-state index contributed by atoms with van der Waals surface area (Å²) < 4.78 is 81.7. The predicted molar refractivity (Wildman–Crippen MR) is 157 cm³/mol. The Labute approximate surface area is 255 Å². The highest BCUT2D eigenvalue weighted by molar-refractivity contribution is 7.91. The van der Waals surface area contributed by atoms with Gasteiger partial charge in [0.2, 0.25) is 5.92 Å². The van der Waals surface area contributed by atoms with Crippen LogP contribution in [0.3, 0.4) is 0 Å². The number of nitrogens with one attached hydrogen (secondary N) is 2. The zero-order valence-electron chi connectivity index (χ0n) is 24.5. The molecular formula is C31H38F4N4O4S. The first-order valence-electron chi connectivity index (χ1n) is 14.8. The third-order valence-electron chi connectivity index (χ3n) is 8.44. The second-order valence-corrected chi connectivity index (χ2v) is 13.7. The maximum Gasteiger partial charge on any atom is 0.345 e. The van der Waals surface area contributed by atoms with Gasteiger partial charge in [-0.3, -0.25) is 4.79 Å². The third-order valence-corrected chi connectivity index (χ3v) is 10.2. The average molecular weight is 639 g/mol. The molecule has 1 heterocycles. The zero-order valence-corrected chi connectivity index (χ0v) is 25.3. The highest BCUT2D eigenvalue weighted by Gasteiger charge is 2.37. The number of alkyl halides is 4. The Balaban J connectivity index is 1.40. The number of hydrogen-bond donors (Lipinski definition) is 2. The number of sulfone groups is 1. The topological polar surface area (TPSA) is 112 Å². The Hall–Kier alpha value is -3.21. The molecule has 1 amide bonds. The fourth-order valence-electron chi connectivity index (χ4n) is 5.82. The number of halogens is 4. The number of rotatable bonds is 13. The van der Waals surface area contributed by atoms with E-state index in [0.29, 0.717) is 49.2 Å². The number of carbonyl (C=O) groups excluding carboxylic acids is 1. The zero-order chi connectivity index (χ0) is 31.9. The largest absolute Gasteiger partial charge is 0.365 e. The van der Waals surface area contributed by atoms with Crippen LogP contribution in [0.25, 0.3) is 0 Å². The van der Waals surface area contributed by atoms with Gasteiger partial charge in [0.05, 0.1) is 41.8 Å². The van der Waals surface area contributed by atoms with Crippen molar-refractivity contribution in [3.8, 4) is 6.07 Å². The van der Waals surface area contributed by atoms with Crippen molar-refractivity contribution in [1.82, 2.24) is 10.6 Å². The number of nitrogens with zero attached hydrogens (tertiary/aromatic N) is 2. The Bertz CT molecular complexity index is 1390. The molecule has 1 aliphatic carbocycles. The highest BCUT2D eigenvalue weighted by Crippen LogP contribution is 2.36. The van der Waals surface area contributed by atoms with Gasteiger partial charge < -0.3 is 20.3 Å². The van der Waals surface area contributed by atoms with Crippen LogP contribution in [0, 0.1) is 17.2 Å². The first-order valence-corrected chi connectivity index (χ1v) is 16.4. The van der Waals surface area contributed by atoms with Crippen LogP contribution in [-0.4, -0.2) is 64.4 Å². The van der Waals surface area contributed by atoms with Gasteiger partial charge in [0.1, 0.15) is 0 Å². The van der Waals surface area contributed by atoms with Gasteiger partial charge in [-0.2, -0.15) is 14.0 Å². The molecule has 44 heavy (non-hydrogen) atoms. The van der Waals surface area contributed by atoms with Crippen molar-refractivity contribution in [2.45, 2.75) is 81.0 Å². The summed E-state index contributed by atoms with van der Waals surface area (Å²) in [6, 6.07) is 13.7. The Kier molecular flexibility index (Phi) is 11.3. The highest BCUT2D eigenvalue weighted by atomic mass is 32.2. The third kappa shape index (κ3) is 8.92. The van der Waals surface area contributed by atoms with Crippen LogP contribution in [-0.2, 0) is 14.6 Å². The summed E-state index contributed by atoms with van der Waals surface area (Å²) in [6.07, 6.45) is 1.16. The summed E-state index contributed by atoms with van der Waals surface area (Å²) >= 11 is 0. The molecule has 13 heteroatoms. The van der Waals surface area contributed by atoms with Gasteiger partial charge in [0.15, 0.2) is 9.84 Å². The number of amides is 1. The SMILES string of the molecule is CCS(=O)(=O)c1ccc([C@H](CC#N)NC(=O)c2ccc(N3C[C@H](NCC4CCC(F)(F)CC4)C[C@H]3COC(F)F)cc2)cc1. The normalized spacial score (nSPS) is 21.2. The molecule has 0 unspecified atom stereocenters. The molecule has 1 aliphatic heterocycles. The molecule has 2 aromatic carbocycles. The van der Waals surface area contributed by atoms with E-state index >= 15 is 0 Å². The number of hydrogen-bond acceptors (Lipinski definition) is 7. The van der Waals surface area contributed by atoms with E-state index in [4.69, 9.17) is 0 Å². The fourth-order valence-corrected chi connectivity index (χ4v) is 6.71. The molecule has 2 fully saturated rings. The van der Waals surface area contributed by atoms with Gasteiger partial charge in [-0.05, 0) is 73.7 Å². The van der Waals surface area contributed by atoms with Gasteiger partial charge in [0, 0.05) is 36.7 Å². The molecule has 8 nitrogen and oxygen atoms in total. The van der Waals surface area contributed by atoms with E-state index < -0.39 is 34.3 Å². The monoisotopic (exact) mass is 638 g/mol. The van der Waals surface area contributed by atoms with Crippen LogP contribution < -0.4 is 15.5 Å². The Morgan fingerprint density at radius 1 is 1.11 bits per heavy atom. The quantitative estimate of drug-likeness (QED) is 0.280. The first kappa shape index (κ1) is 33.7. The van der Waals surface area contributed by atoms with E-state index in [-0.39, 0.29) is 54.5 Å². The second kappa shape index (κ2) is 14.7. The first-order chi connectivity index (χ1) is 20.9. The number of ether oxygens (including phenoxy) is 1. The van der Waals surface area contributed by atoms with Crippen LogP contribution in [0.2, 0.25) is 0 Å². The van der Waals surface area contributed by atoms with Crippen LogP contribution in [0.15, 0.2) is 53.4 Å². The van der Waals surface area contributed by atoms with E-state index in [1.807, 2.05) is 11.0 Å². The average Bonchev–Trinajstić information content (AvgIpc) is 3.42. The lowest BCUT2D eigenvalue weighted by atomic mass is 9.86. The van der Waals surface area contributed by atoms with Crippen LogP contribution in [0.4, 0.5) is 23.2 Å². The second-order valence-electron chi connectivity index (χ2n) is 11.4. The van der Waals surface area contributed by atoms with Crippen LogP contribution in [0.5, 0.6) is 0 Å². The number of carbonyl (C=O) groups is 1. The number of nitriles is 1. The molecule has 3 atom stereocenters. The Morgan fingerprint density at radius 2 is 1.77 bits per heavy atom. The summed E-state index contributed by atoms with van der Waals surface area (Å²) in [6.45, 7) is -0.471. The lowest BCUT2D eigenvalue weighted by Gasteiger charge is -2.29. The van der Waals surface area contributed by atoms with E-state index in [1.54, 1.807) is 43.3 Å². The van der Waals surface area contributed by atoms with E-state index in [9.17, 15) is 36.0 Å². The molecule has 1 saturated heterocycles. The maximum atomic E-state index is 13.5. The van der Waals surface area contributed by atoms with Gasteiger partial charge in [-0.15, -0.1) is 0 Å². The van der Waals surface area contributed by atoms with Crippen molar-refractivity contribution < 1.29 is 35.5 Å². The maximum absolute atomic E-state index is 13.5. The van der Waals surface area contributed by atoms with Crippen molar-refractivity contribution in [3.63, 3.8) is 0 Å². The molecule has 0 spiro atoms. The number of benzene rings is 2. The molecule has 2 N–H and O–H groups in total. The van der Waals surface area contributed by atoms with Crippen molar-refractivity contribution in [3.05, 3.63) is 59.7 Å². The van der Waals surface area contributed by atoms with Crippen molar-refractivity contribution >= 4 is 21.4 Å². The van der Waals surface area contributed by atoms with Crippen molar-refractivity contribution in [1.29, 1.82) is 5.26 Å². The molecule has 2 aliphatic rings. The summed E-state index contributed by atoms with van der Waals surface area (Å²) in [5, 5.41) is 15.6. The van der Waals surface area contributed by atoms with Gasteiger partial charge in [-0.1, -0.05) is 19.1 Å². The van der Waals surface area contributed by atoms with Gasteiger partial charge >= 0.3 is 6.61 Å². The van der Waals surface area contributed by atoms with Crippen LogP contribution >= 0.6 is 0 Å². The lowest BCUT2D eigenvalue weighted by Crippen LogP contribution is -2.38. The summed E-state index contributed by atoms with van der Waals surface area (Å²) in [4.78, 5) is 15.2. The molecule has 2 aromatic rings. The molecule has 0 radical (unpaired) electrons. The molecular weight excluding hydrogens is 600 g/mol. The minimum atomic E-state index is -3.39. The standard InChI is InChI=1S/C31H38F4N4O4S/c1-2-44(41,42)27-9-5-22(6-10-27)28(13-16-36)38-29(40)23-3-7-25(8-4-23)39-19-24(17-26(39)20-43-30(32)33)37-18-21-11-14-31(34,35)15-12-21/h3-10,21,24,26,28,30,37H,2,11-15,17-20H2,1H3,(H,38,40)/t24-,26+,28+/m1/s1. The van der Waals surface area contributed by atoms with Gasteiger partial charge in [-0.25, -0.2) is 17.2 Å². The molecule has 0 bridgehead atoms. The molecule has 240 valence electrons. The van der Waals surface area contributed by atoms with Crippen LogP contribution in [0.1, 0.15) is 67.4 Å². The van der Waals surface area contributed by atoms with E-state index in [2.05, 4.69) is 15.4 Å². The summed E-state index contributed by atoms with van der Waals surface area (Å²) in [5.74, 6) is -2.92. The fraction of sp³-hybridized carbons (Fsp3) is 0.548. The van der Waals surface area contributed by atoms with Crippen molar-refractivity contribution in [2.24, 2.45) is 5.92 Å². The number of anilines is 1. The molecule has 1 saturated carbocycles. The van der Waals surface area contributed by atoms with Crippen molar-refractivity contribution in [2.75, 3.05) is 30.3 Å². The minimum Gasteiger partial charge on any atom is -0.365 e. The minimum absolute atomic E-state index is 0.0268. The predicted octanol–water partition coefficient (Wildman–Crippen LogP) is 5.47. The molecule has 0 aromatic heterocycles. The Morgan fingerprint density at radius 3 is 2.36 bits per heavy atom.